The highest BCUT2D eigenvalue weighted by Gasteiger charge is 2.08. The van der Waals surface area contributed by atoms with Crippen molar-refractivity contribution in [3.63, 3.8) is 0 Å². The van der Waals surface area contributed by atoms with E-state index in [1.54, 1.807) is 37.6 Å². The Balaban J connectivity index is 2.02. The maximum absolute atomic E-state index is 12.0. The first-order valence-electron chi connectivity index (χ1n) is 5.86. The van der Waals surface area contributed by atoms with Crippen molar-refractivity contribution in [2.24, 2.45) is 0 Å². The highest BCUT2D eigenvalue weighted by atomic mass is 127. The van der Waals surface area contributed by atoms with Gasteiger partial charge in [0.2, 0.25) is 5.88 Å². The number of methoxy groups -OCH3 is 1. The summed E-state index contributed by atoms with van der Waals surface area (Å²) in [4.78, 5) is 16.0. The van der Waals surface area contributed by atoms with Crippen LogP contribution < -0.4 is 10.1 Å². The molecular formula is C14H13IN2O3. The Labute approximate surface area is 130 Å². The lowest BCUT2D eigenvalue weighted by molar-refractivity contribution is 0.0950. The van der Waals surface area contributed by atoms with Gasteiger partial charge in [-0.1, -0.05) is 0 Å². The third-order valence-electron chi connectivity index (χ3n) is 2.67. The van der Waals surface area contributed by atoms with Crippen LogP contribution in [0.4, 0.5) is 0 Å². The van der Waals surface area contributed by atoms with Gasteiger partial charge in [0, 0.05) is 24.4 Å². The third kappa shape index (κ3) is 3.60. The van der Waals surface area contributed by atoms with Crippen molar-refractivity contribution in [3.05, 3.63) is 51.2 Å². The summed E-state index contributed by atoms with van der Waals surface area (Å²) in [6.07, 6.45) is 1.62. The molecule has 0 aliphatic heterocycles. The number of rotatable bonds is 4. The zero-order valence-electron chi connectivity index (χ0n) is 10.8. The molecule has 1 aromatic heterocycles. The van der Waals surface area contributed by atoms with E-state index in [1.165, 1.54) is 6.07 Å². The molecule has 0 bridgehead atoms. The van der Waals surface area contributed by atoms with Crippen LogP contribution in [0.1, 0.15) is 15.9 Å². The number of halogens is 1. The number of ether oxygens (including phenoxy) is 1. The Morgan fingerprint density at radius 2 is 2.20 bits per heavy atom. The van der Waals surface area contributed by atoms with Crippen LogP contribution in [0, 0.1) is 3.57 Å². The average molecular weight is 384 g/mol. The van der Waals surface area contributed by atoms with Crippen LogP contribution in [0.5, 0.6) is 11.6 Å². The van der Waals surface area contributed by atoms with Gasteiger partial charge >= 0.3 is 0 Å². The van der Waals surface area contributed by atoms with Crippen molar-refractivity contribution < 1.29 is 14.6 Å². The summed E-state index contributed by atoms with van der Waals surface area (Å²) in [5.74, 6) is 0.361. The molecule has 1 heterocycles. The Bertz CT molecular complexity index is 632. The van der Waals surface area contributed by atoms with Crippen LogP contribution in [0.15, 0.2) is 36.5 Å². The summed E-state index contributed by atoms with van der Waals surface area (Å²) in [5, 5.41) is 12.4. The Morgan fingerprint density at radius 3 is 2.90 bits per heavy atom. The number of benzene rings is 1. The zero-order chi connectivity index (χ0) is 14.5. The maximum atomic E-state index is 12.0. The number of hydrogen-bond donors (Lipinski definition) is 2. The van der Waals surface area contributed by atoms with Crippen molar-refractivity contribution >= 4 is 28.5 Å². The lowest BCUT2D eigenvalue weighted by atomic mass is 10.2. The highest BCUT2D eigenvalue weighted by Crippen LogP contribution is 2.20. The molecule has 0 atom stereocenters. The van der Waals surface area contributed by atoms with Crippen LogP contribution in [0.3, 0.4) is 0 Å². The van der Waals surface area contributed by atoms with Gasteiger partial charge in [0.05, 0.1) is 10.7 Å². The molecule has 2 N–H and O–H groups in total. The van der Waals surface area contributed by atoms with E-state index in [0.717, 1.165) is 5.56 Å². The second-order valence-electron chi connectivity index (χ2n) is 4.06. The van der Waals surface area contributed by atoms with Crippen LogP contribution >= 0.6 is 22.6 Å². The van der Waals surface area contributed by atoms with Crippen LogP contribution in [-0.2, 0) is 6.54 Å². The number of carbonyl (C=O) groups excluding carboxylic acids is 1. The first kappa shape index (κ1) is 14.6. The number of phenolic OH excluding ortho intramolecular Hbond substituents is 1. The molecule has 1 amide bonds. The molecule has 2 rings (SSSR count). The van der Waals surface area contributed by atoms with Gasteiger partial charge in [0.1, 0.15) is 5.75 Å². The largest absolute Gasteiger partial charge is 0.507 e. The highest BCUT2D eigenvalue weighted by molar-refractivity contribution is 14.1. The van der Waals surface area contributed by atoms with Crippen LogP contribution in [-0.4, -0.2) is 23.1 Å². The van der Waals surface area contributed by atoms with Crippen LogP contribution in [0.2, 0.25) is 0 Å². The number of pyridine rings is 1. The number of nitrogens with one attached hydrogen (secondary N) is 1. The van der Waals surface area contributed by atoms with E-state index in [9.17, 15) is 9.90 Å². The number of hydrogen-bond acceptors (Lipinski definition) is 4. The number of phenols is 1. The van der Waals surface area contributed by atoms with E-state index in [4.69, 9.17) is 4.74 Å². The molecule has 6 heteroatoms. The van der Waals surface area contributed by atoms with Crippen molar-refractivity contribution in [3.8, 4) is 11.6 Å². The van der Waals surface area contributed by atoms with Gasteiger partial charge in [-0.25, -0.2) is 4.98 Å². The van der Waals surface area contributed by atoms with Crippen molar-refractivity contribution in [1.82, 2.24) is 10.3 Å². The first-order chi connectivity index (χ1) is 9.60. The molecular weight excluding hydrogens is 371 g/mol. The molecule has 5 nitrogen and oxygen atoms in total. The molecule has 0 radical (unpaired) electrons. The molecule has 0 fully saturated rings. The predicted molar refractivity (Wildman–Crippen MR) is 82.8 cm³/mol. The smallest absolute Gasteiger partial charge is 0.251 e. The summed E-state index contributed by atoms with van der Waals surface area (Å²) in [6.45, 7) is 0.366. The fourth-order valence-electron chi connectivity index (χ4n) is 1.61. The van der Waals surface area contributed by atoms with E-state index in [1.807, 2.05) is 22.6 Å². The van der Waals surface area contributed by atoms with Crippen molar-refractivity contribution in [2.45, 2.75) is 6.54 Å². The molecule has 0 spiro atoms. The average Bonchev–Trinajstić information content (AvgIpc) is 2.47. The third-order valence-corrected chi connectivity index (χ3v) is 3.58. The minimum absolute atomic E-state index is 0.101. The standard InChI is InChI=1S/C14H13IN2O3/c1-20-13-6-9(4-5-16-13)8-17-14(19)10-2-3-11(15)12(18)7-10/h2-7,18H,8H2,1H3,(H,17,19). The second-order valence-corrected chi connectivity index (χ2v) is 5.22. The topological polar surface area (TPSA) is 71.5 Å². The van der Waals surface area contributed by atoms with Crippen molar-refractivity contribution in [1.29, 1.82) is 0 Å². The Kier molecular flexibility index (Phi) is 4.78. The summed E-state index contributed by atoms with van der Waals surface area (Å²) in [5.41, 5.74) is 1.31. The second kappa shape index (κ2) is 6.56. The normalized spacial score (nSPS) is 10.1. The number of nitrogens with zero attached hydrogens (tertiary/aromatic N) is 1. The zero-order valence-corrected chi connectivity index (χ0v) is 12.9. The van der Waals surface area contributed by atoms with Gasteiger partial charge in [-0.05, 0) is 52.4 Å². The summed E-state index contributed by atoms with van der Waals surface area (Å²) >= 11 is 2.00. The van der Waals surface area contributed by atoms with E-state index >= 15 is 0 Å². The molecule has 0 unspecified atom stereocenters. The molecule has 2 aromatic rings. The predicted octanol–water partition coefficient (Wildman–Crippen LogP) is 2.33. The van der Waals surface area contributed by atoms with E-state index in [-0.39, 0.29) is 11.7 Å². The minimum atomic E-state index is -0.243. The van der Waals surface area contributed by atoms with Crippen molar-refractivity contribution in [2.75, 3.05) is 7.11 Å². The molecule has 0 aliphatic carbocycles. The lowest BCUT2D eigenvalue weighted by Gasteiger charge is -2.07. The molecule has 0 saturated heterocycles. The van der Waals surface area contributed by atoms with Gasteiger partial charge in [-0.3, -0.25) is 4.79 Å². The van der Waals surface area contributed by atoms with E-state index in [2.05, 4.69) is 10.3 Å². The lowest BCUT2D eigenvalue weighted by Crippen LogP contribution is -2.22. The summed E-state index contributed by atoms with van der Waals surface area (Å²) in [7, 11) is 1.54. The van der Waals surface area contributed by atoms with Gasteiger partial charge in [0.25, 0.3) is 5.91 Å². The monoisotopic (exact) mass is 384 g/mol. The summed E-state index contributed by atoms with van der Waals surface area (Å²) in [6, 6.07) is 8.37. The number of aromatic nitrogens is 1. The number of aromatic hydroxyl groups is 1. The maximum Gasteiger partial charge on any atom is 0.251 e. The Hall–Kier alpha value is -1.83. The number of carbonyl (C=O) groups is 1. The van der Waals surface area contributed by atoms with Gasteiger partial charge < -0.3 is 15.2 Å². The fraction of sp³-hybridized carbons (Fsp3) is 0.143. The SMILES string of the molecule is COc1cc(CNC(=O)c2ccc(I)c(O)c2)ccn1. The van der Waals surface area contributed by atoms with Gasteiger partial charge in [0.15, 0.2) is 0 Å². The van der Waals surface area contributed by atoms with E-state index in [0.29, 0.717) is 21.6 Å². The minimum Gasteiger partial charge on any atom is -0.507 e. The fourth-order valence-corrected chi connectivity index (χ4v) is 1.95. The quantitative estimate of drug-likeness (QED) is 0.794. The van der Waals surface area contributed by atoms with Gasteiger partial charge in [-0.15, -0.1) is 0 Å². The first-order valence-corrected chi connectivity index (χ1v) is 6.93. The Morgan fingerprint density at radius 1 is 1.40 bits per heavy atom. The molecule has 0 saturated carbocycles. The van der Waals surface area contributed by atoms with Gasteiger partial charge in [-0.2, -0.15) is 0 Å². The summed E-state index contributed by atoms with van der Waals surface area (Å²) < 4.78 is 5.72. The molecule has 0 aliphatic rings. The molecule has 104 valence electrons. The molecule has 1 aromatic carbocycles. The number of amides is 1. The molecule has 20 heavy (non-hydrogen) atoms. The van der Waals surface area contributed by atoms with Crippen LogP contribution in [0.25, 0.3) is 0 Å². The van der Waals surface area contributed by atoms with E-state index < -0.39 is 0 Å².